The molecule has 29 heavy (non-hydrogen) atoms. The summed E-state index contributed by atoms with van der Waals surface area (Å²) in [7, 11) is 0. The number of carbonyl (C=O) groups is 1. The van der Waals surface area contributed by atoms with Gasteiger partial charge in [-0.15, -0.1) is 0 Å². The molecule has 3 aliphatic heterocycles. The molecule has 0 aliphatic carbocycles. The normalized spacial score (nSPS) is 28.5. The lowest BCUT2D eigenvalue weighted by molar-refractivity contribution is -0.192. The summed E-state index contributed by atoms with van der Waals surface area (Å²) in [4.78, 5) is 16.0. The van der Waals surface area contributed by atoms with Crippen LogP contribution in [-0.4, -0.2) is 77.9 Å². The van der Waals surface area contributed by atoms with E-state index >= 15 is 0 Å². The smallest absolute Gasteiger partial charge is 0.475 e. The minimum atomic E-state index is -5.08. The Balaban J connectivity index is 0.000000298. The van der Waals surface area contributed by atoms with Gasteiger partial charge in [-0.2, -0.15) is 18.2 Å². The lowest BCUT2D eigenvalue weighted by Gasteiger charge is -2.42. The van der Waals surface area contributed by atoms with Gasteiger partial charge in [-0.25, -0.2) is 4.79 Å². The van der Waals surface area contributed by atoms with Crippen molar-refractivity contribution in [3.05, 3.63) is 11.7 Å². The average molecular weight is 421 g/mol. The van der Waals surface area contributed by atoms with Gasteiger partial charge in [0.05, 0.1) is 11.5 Å². The number of hydrogen-bond acceptors (Lipinski definition) is 7. The largest absolute Gasteiger partial charge is 0.490 e. The molecule has 0 radical (unpaired) electrons. The van der Waals surface area contributed by atoms with Crippen molar-refractivity contribution in [1.82, 2.24) is 15.0 Å². The molecule has 3 saturated heterocycles. The van der Waals surface area contributed by atoms with Crippen LogP contribution in [0, 0.1) is 12.8 Å². The van der Waals surface area contributed by atoms with Crippen LogP contribution in [0.15, 0.2) is 4.52 Å². The first-order valence-electron chi connectivity index (χ1n) is 9.73. The number of carboxylic acid groups (broad SMARTS) is 1. The number of piperidine rings is 1. The number of aryl methyl sites for hydroxylation is 1. The number of aromatic nitrogens is 2. The van der Waals surface area contributed by atoms with Crippen molar-refractivity contribution in [2.24, 2.45) is 5.92 Å². The van der Waals surface area contributed by atoms with Crippen LogP contribution in [0.3, 0.4) is 0 Å². The SMILES string of the molecule is Cc1noc([C@@]23CCO[C@@H]2CCN(CC2CCOCC2)C3)n1.O=C(O)C(F)(F)F. The quantitative estimate of drug-likeness (QED) is 0.793. The van der Waals surface area contributed by atoms with Crippen molar-refractivity contribution in [2.45, 2.75) is 50.3 Å². The fraction of sp³-hybridized carbons (Fsp3) is 0.833. The van der Waals surface area contributed by atoms with Gasteiger partial charge in [0, 0.05) is 39.5 Å². The van der Waals surface area contributed by atoms with Gasteiger partial charge in [0.1, 0.15) is 0 Å². The summed E-state index contributed by atoms with van der Waals surface area (Å²) in [5, 5.41) is 11.1. The topological polar surface area (TPSA) is 97.9 Å². The Morgan fingerprint density at radius 2 is 1.97 bits per heavy atom. The Kier molecular flexibility index (Phi) is 6.79. The maximum Gasteiger partial charge on any atom is 0.490 e. The van der Waals surface area contributed by atoms with E-state index in [0.717, 1.165) is 69.9 Å². The maximum absolute atomic E-state index is 10.6. The number of aliphatic carboxylic acids is 1. The highest BCUT2D eigenvalue weighted by Gasteiger charge is 2.53. The number of likely N-dealkylation sites (tertiary alicyclic amines) is 1. The molecule has 164 valence electrons. The molecular formula is C18H26F3N3O5. The van der Waals surface area contributed by atoms with Gasteiger partial charge in [0.2, 0.25) is 5.89 Å². The molecule has 1 aromatic rings. The minimum Gasteiger partial charge on any atom is -0.475 e. The van der Waals surface area contributed by atoms with Crippen molar-refractivity contribution in [3.8, 4) is 0 Å². The third-order valence-electron chi connectivity index (χ3n) is 5.75. The molecule has 1 aromatic heterocycles. The number of carboxylic acids is 1. The zero-order chi connectivity index (χ0) is 21.1. The standard InChI is InChI=1S/C16H25N3O3.C2HF3O2/c1-12-17-15(22-18-12)16-5-9-21-14(16)2-6-19(11-16)10-13-3-7-20-8-4-13;3-2(4,5)1(6)7/h13-14H,2-11H2,1H3;(H,6,7)/t14-,16-;/m1./s1. The third-order valence-corrected chi connectivity index (χ3v) is 5.75. The summed E-state index contributed by atoms with van der Waals surface area (Å²) in [6, 6.07) is 0. The number of ether oxygens (including phenoxy) is 2. The van der Waals surface area contributed by atoms with Crippen LogP contribution in [0.5, 0.6) is 0 Å². The van der Waals surface area contributed by atoms with E-state index < -0.39 is 12.1 Å². The molecule has 8 nitrogen and oxygen atoms in total. The first-order valence-corrected chi connectivity index (χ1v) is 9.73. The molecule has 0 aromatic carbocycles. The van der Waals surface area contributed by atoms with Crippen molar-refractivity contribution in [2.75, 3.05) is 39.5 Å². The minimum absolute atomic E-state index is 0.0926. The molecule has 3 fully saturated rings. The molecule has 11 heteroatoms. The zero-order valence-corrected chi connectivity index (χ0v) is 16.3. The van der Waals surface area contributed by atoms with Crippen molar-refractivity contribution >= 4 is 5.97 Å². The summed E-state index contributed by atoms with van der Waals surface area (Å²) >= 11 is 0. The summed E-state index contributed by atoms with van der Waals surface area (Å²) in [5.41, 5.74) is -0.0926. The Hall–Kier alpha value is -1.72. The van der Waals surface area contributed by atoms with E-state index in [1.54, 1.807) is 0 Å². The molecule has 0 saturated carbocycles. The van der Waals surface area contributed by atoms with Gasteiger partial charge in [-0.1, -0.05) is 5.16 Å². The Bertz CT molecular complexity index is 693. The van der Waals surface area contributed by atoms with Gasteiger partial charge >= 0.3 is 12.1 Å². The first-order chi connectivity index (χ1) is 13.7. The lowest BCUT2D eigenvalue weighted by Crippen LogP contribution is -2.53. The highest BCUT2D eigenvalue weighted by Crippen LogP contribution is 2.43. The Morgan fingerprint density at radius 3 is 2.55 bits per heavy atom. The second-order valence-electron chi connectivity index (χ2n) is 7.79. The molecular weight excluding hydrogens is 395 g/mol. The Morgan fingerprint density at radius 1 is 1.28 bits per heavy atom. The molecule has 3 aliphatic rings. The molecule has 0 bridgehead atoms. The first kappa shape index (κ1) is 22.0. The molecule has 1 N–H and O–H groups in total. The second-order valence-corrected chi connectivity index (χ2v) is 7.79. The number of halogens is 3. The number of nitrogens with zero attached hydrogens (tertiary/aromatic N) is 3. The van der Waals surface area contributed by atoms with Crippen molar-refractivity contribution < 1.29 is 37.1 Å². The van der Waals surface area contributed by atoms with E-state index in [9.17, 15) is 13.2 Å². The van der Waals surface area contributed by atoms with Gasteiger partial charge in [-0.3, -0.25) is 0 Å². The van der Waals surface area contributed by atoms with E-state index in [1.165, 1.54) is 12.8 Å². The number of fused-ring (bicyclic) bond motifs is 1. The zero-order valence-electron chi connectivity index (χ0n) is 16.3. The van der Waals surface area contributed by atoms with E-state index in [2.05, 4.69) is 15.0 Å². The van der Waals surface area contributed by atoms with Gasteiger partial charge in [-0.05, 0) is 38.5 Å². The van der Waals surface area contributed by atoms with Crippen LogP contribution >= 0.6 is 0 Å². The van der Waals surface area contributed by atoms with Gasteiger partial charge in [0.25, 0.3) is 0 Å². The van der Waals surface area contributed by atoms with E-state index in [-0.39, 0.29) is 11.5 Å². The van der Waals surface area contributed by atoms with Crippen LogP contribution < -0.4 is 0 Å². The summed E-state index contributed by atoms with van der Waals surface area (Å²) < 4.78 is 48.8. The average Bonchev–Trinajstić information content (AvgIpc) is 3.29. The van der Waals surface area contributed by atoms with Crippen molar-refractivity contribution in [1.29, 1.82) is 0 Å². The maximum atomic E-state index is 10.6. The second kappa shape index (κ2) is 8.97. The monoisotopic (exact) mass is 421 g/mol. The van der Waals surface area contributed by atoms with Crippen LogP contribution in [0.2, 0.25) is 0 Å². The Labute approximate surface area is 166 Å². The molecule has 4 rings (SSSR count). The fourth-order valence-electron chi connectivity index (χ4n) is 4.28. The van der Waals surface area contributed by atoms with E-state index in [4.69, 9.17) is 23.9 Å². The lowest BCUT2D eigenvalue weighted by atomic mass is 9.76. The third kappa shape index (κ3) is 5.26. The summed E-state index contributed by atoms with van der Waals surface area (Å²) in [6.45, 7) is 7.77. The number of alkyl halides is 3. The van der Waals surface area contributed by atoms with E-state index in [0.29, 0.717) is 0 Å². The predicted molar refractivity (Wildman–Crippen MR) is 93.4 cm³/mol. The van der Waals surface area contributed by atoms with Gasteiger partial charge in [0.15, 0.2) is 5.82 Å². The molecule has 2 atom stereocenters. The number of hydrogen-bond donors (Lipinski definition) is 1. The van der Waals surface area contributed by atoms with Gasteiger partial charge < -0.3 is 24.0 Å². The predicted octanol–water partition coefficient (Wildman–Crippen LogP) is 2.17. The summed E-state index contributed by atoms with van der Waals surface area (Å²) in [5.74, 6) is -0.498. The summed E-state index contributed by atoms with van der Waals surface area (Å²) in [6.07, 6.45) is -0.432. The molecule has 0 unspecified atom stereocenters. The van der Waals surface area contributed by atoms with Crippen LogP contribution in [0.1, 0.15) is 37.4 Å². The number of rotatable bonds is 3. The van der Waals surface area contributed by atoms with E-state index in [1.807, 2.05) is 6.92 Å². The highest BCUT2D eigenvalue weighted by atomic mass is 19.4. The van der Waals surface area contributed by atoms with Crippen LogP contribution in [0.4, 0.5) is 13.2 Å². The van der Waals surface area contributed by atoms with Crippen LogP contribution in [0.25, 0.3) is 0 Å². The highest BCUT2D eigenvalue weighted by molar-refractivity contribution is 5.73. The van der Waals surface area contributed by atoms with Crippen LogP contribution in [-0.2, 0) is 19.7 Å². The molecule has 4 heterocycles. The molecule has 0 spiro atoms. The van der Waals surface area contributed by atoms with Crippen molar-refractivity contribution in [3.63, 3.8) is 0 Å². The molecule has 0 amide bonds. The fourth-order valence-corrected chi connectivity index (χ4v) is 4.28.